The number of rotatable bonds is 2. The molecule has 19 heavy (non-hydrogen) atoms. The van der Waals surface area contributed by atoms with Gasteiger partial charge in [-0.2, -0.15) is 0 Å². The molecule has 3 heteroatoms. The standard InChI is InChI=1S/C16H20O3/c1-5-7-13-10(3)11-8-14(17)16(4,6-2)15(18)12(11)9-19-13/h5,7-9,15,18H,6H2,1-4H3. The normalized spacial score (nSPS) is 31.0. The third-order valence-corrected chi connectivity index (χ3v) is 4.19. The lowest BCUT2D eigenvalue weighted by Crippen LogP contribution is -2.44. The van der Waals surface area contributed by atoms with Gasteiger partial charge in [0.15, 0.2) is 5.78 Å². The van der Waals surface area contributed by atoms with Gasteiger partial charge in [-0.1, -0.05) is 13.0 Å². The maximum absolute atomic E-state index is 12.3. The smallest absolute Gasteiger partial charge is 0.165 e. The van der Waals surface area contributed by atoms with Crippen LogP contribution in [0.1, 0.15) is 34.1 Å². The highest BCUT2D eigenvalue weighted by atomic mass is 16.5. The number of ether oxygens (including phenoxy) is 1. The maximum atomic E-state index is 12.3. The molecule has 2 unspecified atom stereocenters. The van der Waals surface area contributed by atoms with Crippen molar-refractivity contribution < 1.29 is 14.6 Å². The molecule has 1 aliphatic heterocycles. The van der Waals surface area contributed by atoms with Gasteiger partial charge in [-0.05, 0) is 50.5 Å². The van der Waals surface area contributed by atoms with Gasteiger partial charge in [-0.25, -0.2) is 0 Å². The Morgan fingerprint density at radius 2 is 2.21 bits per heavy atom. The Hall–Kier alpha value is -1.61. The van der Waals surface area contributed by atoms with Crippen molar-refractivity contribution in [3.8, 4) is 0 Å². The van der Waals surface area contributed by atoms with Crippen molar-refractivity contribution in [2.45, 2.75) is 40.2 Å². The molecule has 0 aromatic rings. The molecule has 0 saturated heterocycles. The first kappa shape index (κ1) is 13.8. The highest BCUT2D eigenvalue weighted by Gasteiger charge is 2.45. The van der Waals surface area contributed by atoms with Crippen LogP contribution in [0.25, 0.3) is 0 Å². The van der Waals surface area contributed by atoms with Crippen LogP contribution in [0.3, 0.4) is 0 Å². The molecule has 3 nitrogen and oxygen atoms in total. The van der Waals surface area contributed by atoms with Crippen LogP contribution in [-0.4, -0.2) is 17.0 Å². The van der Waals surface area contributed by atoms with Crippen molar-refractivity contribution in [1.82, 2.24) is 0 Å². The Bertz CT molecular complexity index is 534. The van der Waals surface area contributed by atoms with Crippen molar-refractivity contribution in [2.75, 3.05) is 0 Å². The second-order valence-electron chi connectivity index (χ2n) is 5.28. The summed E-state index contributed by atoms with van der Waals surface area (Å²) in [5.41, 5.74) is 1.63. The Labute approximate surface area is 114 Å². The van der Waals surface area contributed by atoms with Gasteiger partial charge in [-0.15, -0.1) is 0 Å². The highest BCUT2D eigenvalue weighted by Crippen LogP contribution is 2.43. The second-order valence-corrected chi connectivity index (χ2v) is 5.28. The van der Waals surface area contributed by atoms with Gasteiger partial charge in [0.05, 0.1) is 17.8 Å². The zero-order valence-corrected chi connectivity index (χ0v) is 11.9. The van der Waals surface area contributed by atoms with Crippen LogP contribution >= 0.6 is 0 Å². The van der Waals surface area contributed by atoms with E-state index in [1.807, 2.05) is 32.9 Å². The molecular weight excluding hydrogens is 240 g/mol. The fourth-order valence-corrected chi connectivity index (χ4v) is 2.49. The van der Waals surface area contributed by atoms with Crippen molar-refractivity contribution in [2.24, 2.45) is 5.41 Å². The monoisotopic (exact) mass is 260 g/mol. The highest BCUT2D eigenvalue weighted by molar-refractivity contribution is 5.99. The minimum absolute atomic E-state index is 0.0178. The number of carbonyl (C=O) groups excluding carboxylic acids is 1. The average molecular weight is 260 g/mol. The second kappa shape index (κ2) is 4.82. The van der Waals surface area contributed by atoms with Gasteiger partial charge in [0.1, 0.15) is 5.76 Å². The molecule has 1 aliphatic carbocycles. The zero-order chi connectivity index (χ0) is 14.2. The van der Waals surface area contributed by atoms with E-state index in [4.69, 9.17) is 4.74 Å². The van der Waals surface area contributed by atoms with E-state index in [9.17, 15) is 9.90 Å². The number of carbonyl (C=O) groups is 1. The third-order valence-electron chi connectivity index (χ3n) is 4.19. The molecule has 0 fully saturated rings. The third kappa shape index (κ3) is 1.98. The number of ketones is 1. The molecular formula is C16H20O3. The molecule has 0 aromatic heterocycles. The van der Waals surface area contributed by atoms with Crippen molar-refractivity contribution in [3.05, 3.63) is 47.0 Å². The summed E-state index contributed by atoms with van der Waals surface area (Å²) in [4.78, 5) is 12.3. The predicted octanol–water partition coefficient (Wildman–Crippen LogP) is 3.04. The van der Waals surface area contributed by atoms with Gasteiger partial charge in [-0.3, -0.25) is 4.79 Å². The van der Waals surface area contributed by atoms with E-state index >= 15 is 0 Å². The Morgan fingerprint density at radius 1 is 1.53 bits per heavy atom. The molecule has 2 rings (SSSR count). The van der Waals surface area contributed by atoms with E-state index in [2.05, 4.69) is 0 Å². The average Bonchev–Trinajstić information content (AvgIpc) is 2.40. The van der Waals surface area contributed by atoms with Gasteiger partial charge < -0.3 is 9.84 Å². The molecule has 1 heterocycles. The van der Waals surface area contributed by atoms with Crippen LogP contribution in [0.4, 0.5) is 0 Å². The number of allylic oxidation sites excluding steroid dienone is 4. The molecule has 1 N–H and O–H groups in total. The molecule has 0 spiro atoms. The van der Waals surface area contributed by atoms with Gasteiger partial charge >= 0.3 is 0 Å². The van der Waals surface area contributed by atoms with Crippen LogP contribution in [0.15, 0.2) is 47.0 Å². The molecule has 0 aromatic carbocycles. The minimum atomic E-state index is -0.813. The lowest BCUT2D eigenvalue weighted by Gasteiger charge is -2.38. The lowest BCUT2D eigenvalue weighted by molar-refractivity contribution is -0.128. The van der Waals surface area contributed by atoms with E-state index < -0.39 is 11.5 Å². The number of hydrogen-bond donors (Lipinski definition) is 1. The van der Waals surface area contributed by atoms with E-state index in [1.165, 1.54) is 0 Å². The summed E-state index contributed by atoms with van der Waals surface area (Å²) in [6, 6.07) is 0. The van der Waals surface area contributed by atoms with Crippen LogP contribution in [0, 0.1) is 5.41 Å². The van der Waals surface area contributed by atoms with E-state index in [0.29, 0.717) is 12.0 Å². The van der Waals surface area contributed by atoms with Gasteiger partial charge in [0.25, 0.3) is 0 Å². The zero-order valence-electron chi connectivity index (χ0n) is 11.9. The minimum Gasteiger partial charge on any atom is -0.464 e. The Kier molecular flexibility index (Phi) is 3.50. The summed E-state index contributed by atoms with van der Waals surface area (Å²) in [6.45, 7) is 7.53. The number of aliphatic hydroxyl groups is 1. The molecule has 102 valence electrons. The summed E-state index contributed by atoms with van der Waals surface area (Å²) in [7, 11) is 0. The molecule has 0 amide bonds. The molecule has 0 bridgehead atoms. The Balaban J connectivity index is 2.53. The van der Waals surface area contributed by atoms with Crippen LogP contribution < -0.4 is 0 Å². The van der Waals surface area contributed by atoms with E-state index in [0.717, 1.165) is 16.9 Å². The van der Waals surface area contributed by atoms with E-state index in [1.54, 1.807) is 19.3 Å². The van der Waals surface area contributed by atoms with Crippen LogP contribution in [-0.2, 0) is 9.53 Å². The summed E-state index contributed by atoms with van der Waals surface area (Å²) >= 11 is 0. The first-order valence-corrected chi connectivity index (χ1v) is 6.61. The Morgan fingerprint density at radius 3 is 2.79 bits per heavy atom. The first-order chi connectivity index (χ1) is 8.95. The summed E-state index contributed by atoms with van der Waals surface area (Å²) in [6.07, 6.45) is 6.73. The summed E-state index contributed by atoms with van der Waals surface area (Å²) in [5, 5.41) is 10.5. The van der Waals surface area contributed by atoms with Crippen molar-refractivity contribution in [1.29, 1.82) is 0 Å². The SMILES string of the molecule is CC=CC1=C(C)C2=CC(=O)C(C)(CC)C(O)C2=CO1. The van der Waals surface area contributed by atoms with Crippen molar-refractivity contribution >= 4 is 5.78 Å². The number of aliphatic hydroxyl groups excluding tert-OH is 1. The number of hydrogen-bond acceptors (Lipinski definition) is 3. The molecule has 2 aliphatic rings. The molecule has 2 atom stereocenters. The number of fused-ring (bicyclic) bond motifs is 1. The summed E-state index contributed by atoms with van der Waals surface area (Å²) < 4.78 is 5.56. The largest absolute Gasteiger partial charge is 0.464 e. The van der Waals surface area contributed by atoms with E-state index in [-0.39, 0.29) is 5.78 Å². The van der Waals surface area contributed by atoms with Crippen LogP contribution in [0.5, 0.6) is 0 Å². The van der Waals surface area contributed by atoms with Gasteiger partial charge in [0, 0.05) is 5.57 Å². The van der Waals surface area contributed by atoms with Gasteiger partial charge in [0.2, 0.25) is 0 Å². The fraction of sp³-hybridized carbons (Fsp3) is 0.438. The first-order valence-electron chi connectivity index (χ1n) is 6.61. The molecule has 0 radical (unpaired) electrons. The molecule has 0 saturated carbocycles. The van der Waals surface area contributed by atoms with Crippen molar-refractivity contribution in [3.63, 3.8) is 0 Å². The lowest BCUT2D eigenvalue weighted by atomic mass is 9.68. The van der Waals surface area contributed by atoms with Crippen LogP contribution in [0.2, 0.25) is 0 Å². The topological polar surface area (TPSA) is 46.5 Å². The quantitative estimate of drug-likeness (QED) is 0.830. The predicted molar refractivity (Wildman–Crippen MR) is 74.2 cm³/mol. The summed E-state index contributed by atoms with van der Waals surface area (Å²) in [5.74, 6) is 0.702. The fourth-order valence-electron chi connectivity index (χ4n) is 2.49. The maximum Gasteiger partial charge on any atom is 0.165 e.